The molecule has 0 unspecified atom stereocenters. The maximum absolute atomic E-state index is 12.5. The number of β-amino-alcohol motifs (C(OH)–C–C–N with tert-alkyl or cyclic N) is 1. The number of amides is 1. The highest BCUT2D eigenvalue weighted by Gasteiger charge is 2.20. The average Bonchev–Trinajstić information content (AvgIpc) is 2.67. The van der Waals surface area contributed by atoms with Crippen molar-refractivity contribution in [3.05, 3.63) is 29.3 Å². The number of carbonyl (C=O) groups is 1. The molecule has 0 aromatic heterocycles. The molecule has 0 radical (unpaired) electrons. The molecule has 1 amide bonds. The molecule has 5 heteroatoms. The van der Waals surface area contributed by atoms with Crippen molar-refractivity contribution in [3.63, 3.8) is 0 Å². The summed E-state index contributed by atoms with van der Waals surface area (Å²) in [6.07, 6.45) is 0.938. The molecule has 3 N–H and O–H groups in total. The minimum atomic E-state index is 0.0440. The van der Waals surface area contributed by atoms with E-state index in [2.05, 4.69) is 4.90 Å². The normalized spacial score (nSPS) is 17.0. The molecule has 0 spiro atoms. The van der Waals surface area contributed by atoms with E-state index in [4.69, 9.17) is 10.8 Å². The minimum Gasteiger partial charge on any atom is -0.398 e. The van der Waals surface area contributed by atoms with Gasteiger partial charge in [-0.15, -0.1) is 0 Å². The number of aryl methyl sites for hydroxylation is 1. The van der Waals surface area contributed by atoms with Crippen LogP contribution in [0.3, 0.4) is 0 Å². The van der Waals surface area contributed by atoms with Gasteiger partial charge in [0, 0.05) is 37.4 Å². The molecule has 2 rings (SSSR count). The van der Waals surface area contributed by atoms with Gasteiger partial charge in [-0.1, -0.05) is 6.07 Å². The molecule has 1 aromatic rings. The first kappa shape index (κ1) is 14.8. The molecule has 110 valence electrons. The van der Waals surface area contributed by atoms with Gasteiger partial charge in [0.1, 0.15) is 0 Å². The number of hydrogen-bond donors (Lipinski definition) is 2. The zero-order chi connectivity index (χ0) is 14.5. The summed E-state index contributed by atoms with van der Waals surface area (Å²) in [7, 11) is 0. The fourth-order valence-electron chi connectivity index (χ4n) is 2.50. The van der Waals surface area contributed by atoms with Gasteiger partial charge in [-0.2, -0.15) is 0 Å². The molecule has 1 fully saturated rings. The lowest BCUT2D eigenvalue weighted by Crippen LogP contribution is -2.35. The molecule has 1 aliphatic heterocycles. The lowest BCUT2D eigenvalue weighted by molar-refractivity contribution is 0.0760. The number of hydrogen-bond acceptors (Lipinski definition) is 4. The Balaban J connectivity index is 2.03. The summed E-state index contributed by atoms with van der Waals surface area (Å²) >= 11 is 0. The second-order valence-corrected chi connectivity index (χ2v) is 5.28. The number of anilines is 1. The smallest absolute Gasteiger partial charge is 0.253 e. The number of aliphatic hydroxyl groups is 1. The van der Waals surface area contributed by atoms with Crippen LogP contribution in [-0.4, -0.2) is 60.1 Å². The second kappa shape index (κ2) is 6.72. The number of aliphatic hydroxyl groups excluding tert-OH is 1. The van der Waals surface area contributed by atoms with E-state index in [1.807, 2.05) is 24.0 Å². The molecule has 0 aliphatic carbocycles. The third kappa shape index (κ3) is 3.49. The standard InChI is InChI=1S/C15H23N3O2/c1-12-3-4-13(11-14(12)16)15(20)18-6-2-5-17(7-8-18)9-10-19/h3-4,11,19H,2,5-10,16H2,1H3. The molecule has 0 saturated carbocycles. The summed E-state index contributed by atoms with van der Waals surface area (Å²) in [5.74, 6) is 0.0440. The monoisotopic (exact) mass is 277 g/mol. The van der Waals surface area contributed by atoms with Gasteiger partial charge in [-0.25, -0.2) is 0 Å². The van der Waals surface area contributed by atoms with Crippen LogP contribution in [0.5, 0.6) is 0 Å². The van der Waals surface area contributed by atoms with Gasteiger partial charge >= 0.3 is 0 Å². The van der Waals surface area contributed by atoms with E-state index in [0.29, 0.717) is 24.3 Å². The summed E-state index contributed by atoms with van der Waals surface area (Å²) < 4.78 is 0. The van der Waals surface area contributed by atoms with Crippen molar-refractivity contribution in [2.45, 2.75) is 13.3 Å². The first-order valence-corrected chi connectivity index (χ1v) is 7.10. The Kier molecular flexibility index (Phi) is 4.98. The number of carbonyl (C=O) groups excluding carboxylic acids is 1. The summed E-state index contributed by atoms with van der Waals surface area (Å²) in [6, 6.07) is 5.48. The molecule has 0 bridgehead atoms. The Morgan fingerprint density at radius 2 is 2.10 bits per heavy atom. The quantitative estimate of drug-likeness (QED) is 0.799. The highest BCUT2D eigenvalue weighted by atomic mass is 16.3. The van der Waals surface area contributed by atoms with E-state index >= 15 is 0 Å². The summed E-state index contributed by atoms with van der Waals surface area (Å²) in [5.41, 5.74) is 8.18. The highest BCUT2D eigenvalue weighted by molar-refractivity contribution is 5.95. The van der Waals surface area contributed by atoms with Gasteiger partial charge < -0.3 is 15.7 Å². The fourth-order valence-corrected chi connectivity index (χ4v) is 2.50. The largest absolute Gasteiger partial charge is 0.398 e. The summed E-state index contributed by atoms with van der Waals surface area (Å²) in [5, 5.41) is 8.98. The lowest BCUT2D eigenvalue weighted by Gasteiger charge is -2.21. The molecule has 0 atom stereocenters. The summed E-state index contributed by atoms with van der Waals surface area (Å²) in [4.78, 5) is 16.6. The molecule has 1 saturated heterocycles. The Bertz CT molecular complexity index is 476. The van der Waals surface area contributed by atoms with Crippen molar-refractivity contribution in [2.24, 2.45) is 0 Å². The lowest BCUT2D eigenvalue weighted by atomic mass is 10.1. The highest BCUT2D eigenvalue weighted by Crippen LogP contribution is 2.15. The fraction of sp³-hybridized carbons (Fsp3) is 0.533. The number of nitrogens with two attached hydrogens (primary N) is 1. The number of benzene rings is 1. The Morgan fingerprint density at radius 1 is 1.30 bits per heavy atom. The van der Waals surface area contributed by atoms with Crippen molar-refractivity contribution in [1.29, 1.82) is 0 Å². The maximum Gasteiger partial charge on any atom is 0.253 e. The van der Waals surface area contributed by atoms with Crippen molar-refractivity contribution < 1.29 is 9.90 Å². The average molecular weight is 277 g/mol. The van der Waals surface area contributed by atoms with E-state index in [1.54, 1.807) is 6.07 Å². The molecule has 1 aliphatic rings. The summed E-state index contributed by atoms with van der Waals surface area (Å²) in [6.45, 7) is 5.99. The third-order valence-electron chi connectivity index (χ3n) is 3.82. The number of nitrogen functional groups attached to an aromatic ring is 1. The molecular formula is C15H23N3O2. The molecule has 1 heterocycles. The van der Waals surface area contributed by atoms with Crippen molar-refractivity contribution in [3.8, 4) is 0 Å². The van der Waals surface area contributed by atoms with Crippen LogP contribution in [0.4, 0.5) is 5.69 Å². The maximum atomic E-state index is 12.5. The van der Waals surface area contributed by atoms with Crippen LogP contribution in [0.2, 0.25) is 0 Å². The Labute approximate surface area is 120 Å². The van der Waals surface area contributed by atoms with Crippen LogP contribution in [0.25, 0.3) is 0 Å². The predicted octanol–water partition coefficient (Wildman–Crippen LogP) is 0.717. The Hall–Kier alpha value is -1.59. The van der Waals surface area contributed by atoms with Gasteiger partial charge in [0.25, 0.3) is 5.91 Å². The van der Waals surface area contributed by atoms with Crippen LogP contribution in [0, 0.1) is 6.92 Å². The number of rotatable bonds is 3. The first-order valence-electron chi connectivity index (χ1n) is 7.10. The van der Waals surface area contributed by atoms with Gasteiger partial charge in [0.05, 0.1) is 6.61 Å². The van der Waals surface area contributed by atoms with Gasteiger partial charge in [-0.3, -0.25) is 9.69 Å². The van der Waals surface area contributed by atoms with E-state index in [9.17, 15) is 4.79 Å². The zero-order valence-corrected chi connectivity index (χ0v) is 12.0. The van der Waals surface area contributed by atoms with Crippen molar-refractivity contribution in [1.82, 2.24) is 9.80 Å². The van der Waals surface area contributed by atoms with Crippen LogP contribution in [-0.2, 0) is 0 Å². The molecule has 1 aromatic carbocycles. The van der Waals surface area contributed by atoms with Crippen molar-refractivity contribution >= 4 is 11.6 Å². The van der Waals surface area contributed by atoms with Crippen LogP contribution >= 0.6 is 0 Å². The van der Waals surface area contributed by atoms with E-state index < -0.39 is 0 Å². The van der Waals surface area contributed by atoms with E-state index in [-0.39, 0.29) is 12.5 Å². The van der Waals surface area contributed by atoms with E-state index in [0.717, 1.165) is 31.6 Å². The third-order valence-corrected chi connectivity index (χ3v) is 3.82. The Morgan fingerprint density at radius 3 is 2.80 bits per heavy atom. The van der Waals surface area contributed by atoms with Gasteiger partial charge in [-0.05, 0) is 37.6 Å². The van der Waals surface area contributed by atoms with Crippen LogP contribution in [0.1, 0.15) is 22.3 Å². The van der Waals surface area contributed by atoms with Crippen molar-refractivity contribution in [2.75, 3.05) is 45.1 Å². The first-order chi connectivity index (χ1) is 9.61. The molecular weight excluding hydrogens is 254 g/mol. The van der Waals surface area contributed by atoms with E-state index in [1.165, 1.54) is 0 Å². The van der Waals surface area contributed by atoms with Crippen LogP contribution in [0.15, 0.2) is 18.2 Å². The predicted molar refractivity (Wildman–Crippen MR) is 79.6 cm³/mol. The number of nitrogens with zero attached hydrogens (tertiary/aromatic N) is 2. The van der Waals surface area contributed by atoms with Crippen LogP contribution < -0.4 is 5.73 Å². The van der Waals surface area contributed by atoms with Gasteiger partial charge in [0.15, 0.2) is 0 Å². The minimum absolute atomic E-state index is 0.0440. The second-order valence-electron chi connectivity index (χ2n) is 5.28. The zero-order valence-electron chi connectivity index (χ0n) is 12.0. The topological polar surface area (TPSA) is 69.8 Å². The molecule has 5 nitrogen and oxygen atoms in total. The molecule has 20 heavy (non-hydrogen) atoms. The van der Waals surface area contributed by atoms with Gasteiger partial charge in [0.2, 0.25) is 0 Å². The SMILES string of the molecule is Cc1ccc(C(=O)N2CCCN(CCO)CC2)cc1N.